The van der Waals surface area contributed by atoms with Crippen molar-refractivity contribution >= 4 is 15.2 Å². The van der Waals surface area contributed by atoms with Gasteiger partial charge in [-0.1, -0.05) is 0 Å². The standard InChI is InChI=1S/C20H44N4O6P2/c1-5-27-31(25,28-6-2)19-23-15-11-21-9-10-22(12-16-23)14-18-24(17-13-21)20-32(26,29-7-3)30-8-4/h5-20H2,1-4H3. The van der Waals surface area contributed by atoms with Gasteiger partial charge in [0.15, 0.2) is 0 Å². The lowest BCUT2D eigenvalue weighted by molar-refractivity contribution is 0.163. The molecule has 0 radical (unpaired) electrons. The summed E-state index contributed by atoms with van der Waals surface area (Å²) in [7, 11) is -6.22. The second kappa shape index (κ2) is 14.5. The van der Waals surface area contributed by atoms with Crippen LogP contribution in [-0.2, 0) is 27.2 Å². The zero-order chi connectivity index (χ0) is 23.5. The third kappa shape index (κ3) is 9.79. The van der Waals surface area contributed by atoms with Crippen molar-refractivity contribution in [3.63, 3.8) is 0 Å². The highest BCUT2D eigenvalue weighted by atomic mass is 31.2. The second-order valence-corrected chi connectivity index (χ2v) is 12.1. The first-order valence-corrected chi connectivity index (χ1v) is 15.5. The Kier molecular flexibility index (Phi) is 12.9. The van der Waals surface area contributed by atoms with E-state index in [1.54, 1.807) is 0 Å². The molecule has 0 N–H and O–H groups in total. The third-order valence-electron chi connectivity index (χ3n) is 5.71. The number of fused-ring (bicyclic) bond motifs is 3. The van der Waals surface area contributed by atoms with E-state index in [-0.39, 0.29) is 0 Å². The fourth-order valence-corrected chi connectivity index (χ4v) is 7.70. The molecule has 0 aromatic heterocycles. The first kappa shape index (κ1) is 28.4. The number of nitrogens with zero attached hydrogens (tertiary/aromatic N) is 4. The number of hydrogen-bond acceptors (Lipinski definition) is 10. The third-order valence-corrected chi connectivity index (χ3v) is 9.81. The molecular weight excluding hydrogens is 454 g/mol. The van der Waals surface area contributed by atoms with E-state index in [0.717, 1.165) is 65.4 Å². The number of hydrogen-bond donors (Lipinski definition) is 0. The maximum atomic E-state index is 13.0. The van der Waals surface area contributed by atoms with Gasteiger partial charge in [0.2, 0.25) is 0 Å². The van der Waals surface area contributed by atoms with Crippen LogP contribution in [0.1, 0.15) is 27.7 Å². The van der Waals surface area contributed by atoms with E-state index in [1.165, 1.54) is 0 Å². The van der Waals surface area contributed by atoms with Crippen molar-refractivity contribution in [1.29, 1.82) is 0 Å². The average Bonchev–Trinajstić information content (AvgIpc) is 2.87. The highest BCUT2D eigenvalue weighted by molar-refractivity contribution is 7.54. The predicted molar refractivity (Wildman–Crippen MR) is 127 cm³/mol. The van der Waals surface area contributed by atoms with Gasteiger partial charge in [0, 0.05) is 65.4 Å². The SMILES string of the molecule is CCOP(=O)(CN1CCN2CCN(CC1)CCN(CP(=O)(OCC)OCC)CC2)OCC. The maximum Gasteiger partial charge on any atom is 0.344 e. The van der Waals surface area contributed by atoms with E-state index in [4.69, 9.17) is 18.1 Å². The van der Waals surface area contributed by atoms with Crippen LogP contribution < -0.4 is 0 Å². The molecule has 190 valence electrons. The molecule has 32 heavy (non-hydrogen) atoms. The monoisotopic (exact) mass is 498 g/mol. The minimum absolute atomic E-state index is 0.328. The van der Waals surface area contributed by atoms with E-state index >= 15 is 0 Å². The molecule has 0 unspecified atom stereocenters. The van der Waals surface area contributed by atoms with Crippen LogP contribution in [0.3, 0.4) is 0 Å². The fourth-order valence-electron chi connectivity index (χ4n) is 4.11. The number of rotatable bonds is 12. The van der Waals surface area contributed by atoms with Crippen molar-refractivity contribution in [1.82, 2.24) is 19.6 Å². The van der Waals surface area contributed by atoms with Crippen LogP contribution in [0.15, 0.2) is 0 Å². The molecule has 2 heterocycles. The second-order valence-electron chi connectivity index (χ2n) is 8.10. The van der Waals surface area contributed by atoms with Gasteiger partial charge in [-0.25, -0.2) is 0 Å². The molecule has 2 rings (SSSR count). The van der Waals surface area contributed by atoms with Crippen LogP contribution in [0, 0.1) is 0 Å². The molecule has 2 fully saturated rings. The van der Waals surface area contributed by atoms with E-state index in [9.17, 15) is 9.13 Å². The average molecular weight is 499 g/mol. The molecule has 2 bridgehead atoms. The summed E-state index contributed by atoms with van der Waals surface area (Å²) in [5.74, 6) is 0. The molecule has 10 nitrogen and oxygen atoms in total. The van der Waals surface area contributed by atoms with Crippen LogP contribution in [0.25, 0.3) is 0 Å². The predicted octanol–water partition coefficient (Wildman–Crippen LogP) is 2.67. The van der Waals surface area contributed by atoms with Gasteiger partial charge in [-0.05, 0) is 27.7 Å². The van der Waals surface area contributed by atoms with E-state index in [1.807, 2.05) is 27.7 Å². The minimum atomic E-state index is -3.11. The minimum Gasteiger partial charge on any atom is -0.308 e. The molecular formula is C20H44N4O6P2. The first-order chi connectivity index (χ1) is 15.3. The highest BCUT2D eigenvalue weighted by Crippen LogP contribution is 2.49. The van der Waals surface area contributed by atoms with Gasteiger partial charge in [0.05, 0.1) is 26.4 Å². The summed E-state index contributed by atoms with van der Waals surface area (Å²) >= 11 is 0. The van der Waals surface area contributed by atoms with Crippen molar-refractivity contribution in [2.24, 2.45) is 0 Å². The lowest BCUT2D eigenvalue weighted by Gasteiger charge is -2.32. The van der Waals surface area contributed by atoms with E-state index in [2.05, 4.69) is 19.6 Å². The molecule has 0 saturated carbocycles. The Morgan fingerprint density at radius 1 is 0.500 bits per heavy atom. The molecule has 0 spiro atoms. The Balaban J connectivity index is 2.02. The zero-order valence-corrected chi connectivity index (χ0v) is 22.2. The molecule has 2 saturated heterocycles. The fraction of sp³-hybridized carbons (Fsp3) is 1.00. The topological polar surface area (TPSA) is 84.0 Å². The molecule has 2 aliphatic heterocycles. The van der Waals surface area contributed by atoms with Crippen LogP contribution in [-0.4, -0.2) is 124 Å². The van der Waals surface area contributed by atoms with Gasteiger partial charge in [-0.3, -0.25) is 28.7 Å². The summed E-state index contributed by atoms with van der Waals surface area (Å²) in [6.45, 7) is 17.7. The van der Waals surface area contributed by atoms with Crippen molar-refractivity contribution < 1.29 is 27.2 Å². The molecule has 0 aliphatic carbocycles. The van der Waals surface area contributed by atoms with E-state index in [0.29, 0.717) is 39.0 Å². The summed E-state index contributed by atoms with van der Waals surface area (Å²) in [4.78, 5) is 9.30. The molecule has 0 aromatic carbocycles. The van der Waals surface area contributed by atoms with Gasteiger partial charge in [0.25, 0.3) is 0 Å². The van der Waals surface area contributed by atoms with Gasteiger partial charge >= 0.3 is 15.2 Å². The quantitative estimate of drug-likeness (QED) is 0.375. The van der Waals surface area contributed by atoms with Crippen molar-refractivity contribution in [2.75, 3.05) is 104 Å². The van der Waals surface area contributed by atoms with Gasteiger partial charge in [-0.15, -0.1) is 0 Å². The van der Waals surface area contributed by atoms with Gasteiger partial charge < -0.3 is 18.1 Å². The molecule has 2 aliphatic rings. The van der Waals surface area contributed by atoms with Crippen molar-refractivity contribution in [3.8, 4) is 0 Å². The van der Waals surface area contributed by atoms with Crippen LogP contribution in [0.5, 0.6) is 0 Å². The largest absolute Gasteiger partial charge is 0.344 e. The summed E-state index contributed by atoms with van der Waals surface area (Å²) in [6.07, 6.45) is 0.656. The summed E-state index contributed by atoms with van der Waals surface area (Å²) < 4.78 is 48.2. The van der Waals surface area contributed by atoms with Crippen LogP contribution in [0.2, 0.25) is 0 Å². The van der Waals surface area contributed by atoms with Crippen molar-refractivity contribution in [2.45, 2.75) is 27.7 Å². The summed E-state index contributed by atoms with van der Waals surface area (Å²) in [5, 5.41) is 0. The van der Waals surface area contributed by atoms with Crippen molar-refractivity contribution in [3.05, 3.63) is 0 Å². The Bertz CT molecular complexity index is 541. The summed E-state index contributed by atoms with van der Waals surface area (Å²) in [6, 6.07) is 0. The summed E-state index contributed by atoms with van der Waals surface area (Å²) in [5.41, 5.74) is 0. The van der Waals surface area contributed by atoms with Crippen LogP contribution >= 0.6 is 15.2 Å². The normalized spacial score (nSPS) is 24.9. The van der Waals surface area contributed by atoms with E-state index < -0.39 is 15.2 Å². The maximum absolute atomic E-state index is 13.0. The Morgan fingerprint density at radius 2 is 0.750 bits per heavy atom. The lowest BCUT2D eigenvalue weighted by atomic mass is 10.4. The molecule has 0 aromatic rings. The molecule has 0 amide bonds. The Labute approximate surface area is 194 Å². The van der Waals surface area contributed by atoms with Crippen LogP contribution in [0.4, 0.5) is 0 Å². The Hall–Kier alpha value is 0.140. The molecule has 12 heteroatoms. The zero-order valence-electron chi connectivity index (χ0n) is 20.4. The first-order valence-electron chi connectivity index (χ1n) is 12.0. The Morgan fingerprint density at radius 3 is 1.00 bits per heavy atom. The molecule has 0 atom stereocenters. The van der Waals surface area contributed by atoms with Gasteiger partial charge in [-0.2, -0.15) is 0 Å². The van der Waals surface area contributed by atoms with Gasteiger partial charge in [0.1, 0.15) is 12.6 Å². The smallest absolute Gasteiger partial charge is 0.308 e. The highest BCUT2D eigenvalue weighted by Gasteiger charge is 2.31. The lowest BCUT2D eigenvalue weighted by Crippen LogP contribution is -2.42.